The van der Waals surface area contributed by atoms with Gasteiger partial charge in [-0.3, -0.25) is 18.9 Å². The van der Waals surface area contributed by atoms with E-state index in [9.17, 15) is 33.6 Å². The summed E-state index contributed by atoms with van der Waals surface area (Å²) >= 11 is 0. The van der Waals surface area contributed by atoms with Gasteiger partial charge in [-0.1, -0.05) is 6.10 Å². The largest absolute Gasteiger partial charge is 1.00 e. The van der Waals surface area contributed by atoms with Crippen LogP contribution in [-0.2, 0) is 31.6 Å². The predicted octanol–water partition coefficient (Wildman–Crippen LogP) is -6.79. The molecule has 0 amide bonds. The SMILES string of the molecule is Nc1nc2c(ncn2C2OC(COP(=O)(O)OP(=O)(O)OP(=O)(O)O)C([O-])C2O)c(=O)[nH]1.O.[Na+]. The van der Waals surface area contributed by atoms with Gasteiger partial charge in [0.1, 0.15) is 0 Å². The second-order valence-corrected chi connectivity index (χ2v) is 10.6. The monoisotopic (exact) mass is 563 g/mol. The molecule has 0 aliphatic carbocycles. The van der Waals surface area contributed by atoms with Gasteiger partial charge in [-0.15, -0.1) is 0 Å². The Morgan fingerprint density at radius 2 is 1.82 bits per heavy atom. The molecule has 3 rings (SSSR count). The minimum atomic E-state index is -5.75. The van der Waals surface area contributed by atoms with Gasteiger partial charge >= 0.3 is 53.0 Å². The van der Waals surface area contributed by atoms with E-state index in [-0.39, 0.29) is 52.1 Å². The van der Waals surface area contributed by atoms with Gasteiger partial charge in [-0.25, -0.2) is 18.7 Å². The molecule has 6 unspecified atom stereocenters. The number of hydrogen-bond donors (Lipinski definition) is 7. The minimum Gasteiger partial charge on any atom is -0.848 e. The van der Waals surface area contributed by atoms with Gasteiger partial charge in [0.05, 0.1) is 25.1 Å². The number of aliphatic hydroxyl groups is 1. The number of H-pyrrole nitrogens is 1. The first-order valence-corrected chi connectivity index (χ1v) is 12.6. The Bertz CT molecular complexity index is 1220. The average molecular weight is 563 g/mol. The van der Waals surface area contributed by atoms with Gasteiger partial charge < -0.3 is 45.7 Å². The molecule has 24 heteroatoms. The van der Waals surface area contributed by atoms with Crippen molar-refractivity contribution in [1.82, 2.24) is 19.5 Å². The number of fused-ring (bicyclic) bond motifs is 1. The van der Waals surface area contributed by atoms with E-state index in [0.717, 1.165) is 10.9 Å². The summed E-state index contributed by atoms with van der Waals surface area (Å²) in [7, 11) is -16.8. The zero-order valence-electron chi connectivity index (χ0n) is 16.8. The van der Waals surface area contributed by atoms with Crippen molar-refractivity contribution in [2.45, 2.75) is 24.5 Å². The van der Waals surface area contributed by atoms with E-state index in [4.69, 9.17) is 25.2 Å². The van der Waals surface area contributed by atoms with Gasteiger partial charge in [-0.2, -0.15) is 13.6 Å². The molecule has 2 aromatic heterocycles. The van der Waals surface area contributed by atoms with Crippen LogP contribution in [0.1, 0.15) is 6.23 Å². The third-order valence-electron chi connectivity index (χ3n) is 3.85. The molecule has 188 valence electrons. The third-order valence-corrected chi connectivity index (χ3v) is 7.65. The Morgan fingerprint density at radius 1 is 1.21 bits per heavy atom. The number of aliphatic hydroxyl groups excluding tert-OH is 1. The van der Waals surface area contributed by atoms with Crippen LogP contribution >= 0.6 is 23.5 Å². The number of phosphoric acid groups is 3. The van der Waals surface area contributed by atoms with E-state index in [1.165, 1.54) is 0 Å². The number of ether oxygens (including phenoxy) is 1. The second-order valence-electron chi connectivity index (χ2n) is 6.18. The van der Waals surface area contributed by atoms with Crippen LogP contribution in [0.3, 0.4) is 0 Å². The summed E-state index contributed by atoms with van der Waals surface area (Å²) in [5, 5.41) is 22.5. The molecule has 0 spiro atoms. The molecule has 0 aromatic carbocycles. The van der Waals surface area contributed by atoms with Crippen molar-refractivity contribution >= 4 is 40.6 Å². The van der Waals surface area contributed by atoms with E-state index in [0.29, 0.717) is 0 Å². The zero-order chi connectivity index (χ0) is 24.1. The Kier molecular flexibility index (Phi) is 10.4. The molecule has 0 saturated carbocycles. The fourth-order valence-electron chi connectivity index (χ4n) is 2.68. The van der Waals surface area contributed by atoms with Gasteiger partial charge in [0.2, 0.25) is 5.95 Å². The van der Waals surface area contributed by atoms with Crippen molar-refractivity contribution in [3.05, 3.63) is 16.7 Å². The molecule has 10 N–H and O–H groups in total. The predicted molar refractivity (Wildman–Crippen MR) is 99.7 cm³/mol. The van der Waals surface area contributed by atoms with E-state index in [1.807, 2.05) is 0 Å². The standard InChI is InChI=1S/C10H15N5O14P3.Na.H2O/c11-10-13-7-4(8(18)14-10)12-2-15(7)9-6(17)5(16)3(27-9)1-26-31(22,23)29-32(24,25)28-30(19,20)21;;/h2-3,5-6,9,17H,1H2,(H,22,23)(H,24,25)(H2,19,20,21)(H3,11,13,14,18);;1H2/q-1;+1;. The van der Waals surface area contributed by atoms with Crippen LogP contribution in [0.15, 0.2) is 11.1 Å². The molecule has 1 aliphatic heterocycles. The molecule has 1 fully saturated rings. The quantitative estimate of drug-likeness (QED) is 0.116. The van der Waals surface area contributed by atoms with Crippen molar-refractivity contribution in [2.75, 3.05) is 12.3 Å². The first-order chi connectivity index (χ1) is 14.6. The number of nitrogens with two attached hydrogens (primary N) is 1. The van der Waals surface area contributed by atoms with Crippen molar-refractivity contribution in [3.63, 3.8) is 0 Å². The molecule has 0 radical (unpaired) electrons. The van der Waals surface area contributed by atoms with E-state index in [1.54, 1.807) is 0 Å². The number of nitrogens with one attached hydrogen (secondary N) is 1. The summed E-state index contributed by atoms with van der Waals surface area (Å²) in [6.45, 7) is -1.08. The van der Waals surface area contributed by atoms with Crippen molar-refractivity contribution in [1.29, 1.82) is 0 Å². The third kappa shape index (κ3) is 7.45. The normalized spacial score (nSPS) is 26.3. The van der Waals surface area contributed by atoms with Crippen LogP contribution in [0.4, 0.5) is 5.95 Å². The number of anilines is 1. The van der Waals surface area contributed by atoms with E-state index < -0.39 is 60.2 Å². The smallest absolute Gasteiger partial charge is 0.848 e. The van der Waals surface area contributed by atoms with Crippen molar-refractivity contribution < 1.29 is 96.4 Å². The summed E-state index contributed by atoms with van der Waals surface area (Å²) in [6, 6.07) is 0. The number of imidazole rings is 1. The summed E-state index contributed by atoms with van der Waals surface area (Å²) in [4.78, 5) is 57.2. The van der Waals surface area contributed by atoms with Crippen LogP contribution in [-0.4, -0.2) is 74.6 Å². The minimum absolute atomic E-state index is 0. The van der Waals surface area contributed by atoms with E-state index in [2.05, 4.69) is 28.1 Å². The summed E-state index contributed by atoms with van der Waals surface area (Å²) in [5.41, 5.74) is 4.42. The van der Waals surface area contributed by atoms with Gasteiger partial charge in [0.25, 0.3) is 5.56 Å². The molecule has 6 atom stereocenters. The van der Waals surface area contributed by atoms with Crippen molar-refractivity contribution in [2.24, 2.45) is 0 Å². The maximum absolute atomic E-state index is 12.3. The Balaban J connectivity index is 0.00000289. The Labute approximate surface area is 209 Å². The fourth-order valence-corrected chi connectivity index (χ4v) is 5.71. The van der Waals surface area contributed by atoms with Crippen LogP contribution in [0.5, 0.6) is 0 Å². The second kappa shape index (κ2) is 11.2. The maximum Gasteiger partial charge on any atom is 1.00 e. The number of aromatic nitrogens is 4. The van der Waals surface area contributed by atoms with Gasteiger partial charge in [0.15, 0.2) is 17.4 Å². The van der Waals surface area contributed by atoms with Gasteiger partial charge in [-0.05, 0) is 0 Å². The van der Waals surface area contributed by atoms with Crippen LogP contribution in [0.25, 0.3) is 11.2 Å². The molecule has 1 saturated heterocycles. The molecule has 3 heterocycles. The number of hydrogen-bond acceptors (Lipinski definition) is 13. The van der Waals surface area contributed by atoms with Crippen molar-refractivity contribution in [3.8, 4) is 0 Å². The molecule has 0 bridgehead atoms. The zero-order valence-corrected chi connectivity index (χ0v) is 21.4. The topological polar surface area (TPSA) is 333 Å². The number of aromatic amines is 1. The van der Waals surface area contributed by atoms with Gasteiger partial charge in [0, 0.05) is 0 Å². The van der Waals surface area contributed by atoms with Crippen LogP contribution in [0, 0.1) is 0 Å². The molecule has 34 heavy (non-hydrogen) atoms. The summed E-state index contributed by atoms with van der Waals surface area (Å²) < 4.78 is 51.4. The van der Waals surface area contributed by atoms with Crippen LogP contribution in [0.2, 0.25) is 0 Å². The first kappa shape index (κ1) is 31.4. The van der Waals surface area contributed by atoms with Crippen LogP contribution < -0.4 is 46.0 Å². The molecule has 20 nitrogen and oxygen atoms in total. The number of nitrogens with zero attached hydrogens (tertiary/aromatic N) is 3. The molecule has 1 aliphatic rings. The first-order valence-electron chi connectivity index (χ1n) is 8.08. The Hall–Kier alpha value is -0.600. The summed E-state index contributed by atoms with van der Waals surface area (Å²) in [6.07, 6.45) is -5.90. The number of rotatable bonds is 8. The Morgan fingerprint density at radius 3 is 2.41 bits per heavy atom. The number of nitrogen functional groups attached to an aromatic ring is 1. The summed E-state index contributed by atoms with van der Waals surface area (Å²) in [5.74, 6) is -0.292. The maximum atomic E-state index is 12.3. The molecule has 2 aromatic rings. The molecular formula is C10H17N5NaO15P3. The number of phosphoric ester groups is 1. The average Bonchev–Trinajstić information content (AvgIpc) is 3.12. The fraction of sp³-hybridized carbons (Fsp3) is 0.500. The molecular weight excluding hydrogens is 546 g/mol. The van der Waals surface area contributed by atoms with E-state index >= 15 is 0 Å².